The molecule has 1 aromatic heterocycles. The van der Waals surface area contributed by atoms with Crippen LogP contribution < -0.4 is 9.47 Å². The van der Waals surface area contributed by atoms with Crippen molar-refractivity contribution in [2.75, 3.05) is 20.3 Å². The van der Waals surface area contributed by atoms with Gasteiger partial charge in [0.2, 0.25) is 5.91 Å². The van der Waals surface area contributed by atoms with Gasteiger partial charge >= 0.3 is 0 Å². The Kier molecular flexibility index (Phi) is 7.26. The first-order valence-electron chi connectivity index (χ1n) is 12.8. The second-order valence-electron chi connectivity index (χ2n) is 9.47. The van der Waals surface area contributed by atoms with Crippen LogP contribution in [0.15, 0.2) is 85.5 Å². The Morgan fingerprint density at radius 1 is 1.08 bits per heavy atom. The van der Waals surface area contributed by atoms with Gasteiger partial charge in [-0.1, -0.05) is 54.6 Å². The van der Waals surface area contributed by atoms with Crippen molar-refractivity contribution in [2.45, 2.75) is 38.3 Å². The number of methoxy groups -OCH3 is 1. The lowest BCUT2D eigenvalue weighted by Crippen LogP contribution is -2.28. The molecule has 1 amide bonds. The third-order valence-electron chi connectivity index (χ3n) is 7.14. The average Bonchev–Trinajstić information content (AvgIpc) is 3.50. The summed E-state index contributed by atoms with van der Waals surface area (Å²) < 4.78 is 13.9. The lowest BCUT2D eigenvalue weighted by Gasteiger charge is -2.25. The van der Waals surface area contributed by atoms with Crippen LogP contribution >= 0.6 is 0 Å². The summed E-state index contributed by atoms with van der Waals surface area (Å²) in [5.41, 5.74) is 4.26. The van der Waals surface area contributed by atoms with E-state index in [1.54, 1.807) is 7.11 Å². The smallest absolute Gasteiger partial charge is 0.223 e. The van der Waals surface area contributed by atoms with E-state index in [9.17, 15) is 4.79 Å². The van der Waals surface area contributed by atoms with Gasteiger partial charge in [0.25, 0.3) is 0 Å². The van der Waals surface area contributed by atoms with Crippen LogP contribution in [0.4, 0.5) is 0 Å². The van der Waals surface area contributed by atoms with Gasteiger partial charge in [-0.2, -0.15) is 0 Å². The Morgan fingerprint density at radius 3 is 2.65 bits per heavy atom. The van der Waals surface area contributed by atoms with Gasteiger partial charge < -0.3 is 18.9 Å². The maximum Gasteiger partial charge on any atom is 0.223 e. The molecule has 2 unspecified atom stereocenters. The quantitative estimate of drug-likeness (QED) is 0.256. The summed E-state index contributed by atoms with van der Waals surface area (Å²) in [6.45, 7) is 7.63. The van der Waals surface area contributed by atoms with Crippen LogP contribution in [0.25, 0.3) is 11.0 Å². The number of para-hydroxylation sites is 2. The number of aromatic nitrogens is 2. The fourth-order valence-electron chi connectivity index (χ4n) is 5.20. The van der Waals surface area contributed by atoms with Crippen LogP contribution in [-0.2, 0) is 17.8 Å². The van der Waals surface area contributed by atoms with Gasteiger partial charge in [-0.3, -0.25) is 4.79 Å². The number of amides is 1. The van der Waals surface area contributed by atoms with Gasteiger partial charge in [-0.05, 0) is 48.7 Å². The third kappa shape index (κ3) is 5.10. The molecule has 0 spiro atoms. The molecule has 0 bridgehead atoms. The number of benzene rings is 3. The summed E-state index contributed by atoms with van der Waals surface area (Å²) in [5, 5.41) is 0. The van der Waals surface area contributed by atoms with Crippen molar-refractivity contribution in [1.29, 1.82) is 0 Å². The highest BCUT2D eigenvalue weighted by atomic mass is 16.5. The van der Waals surface area contributed by atoms with E-state index in [1.807, 2.05) is 65.6 Å². The molecule has 2 heterocycles. The first kappa shape index (κ1) is 24.6. The number of carbonyl (C=O) groups is 1. The van der Waals surface area contributed by atoms with Crippen molar-refractivity contribution < 1.29 is 14.3 Å². The minimum atomic E-state index is 0.0244. The predicted molar refractivity (Wildman–Crippen MR) is 146 cm³/mol. The first-order valence-corrected chi connectivity index (χ1v) is 12.8. The Balaban J connectivity index is 1.36. The highest BCUT2D eigenvalue weighted by molar-refractivity contribution is 5.81. The molecule has 1 aliphatic rings. The Hall–Kier alpha value is -4.06. The minimum Gasteiger partial charge on any atom is -0.493 e. The summed E-state index contributed by atoms with van der Waals surface area (Å²) in [6, 6.07) is 24.3. The van der Waals surface area contributed by atoms with Gasteiger partial charge in [0.1, 0.15) is 12.4 Å². The molecule has 3 aromatic carbocycles. The van der Waals surface area contributed by atoms with Gasteiger partial charge in [-0.15, -0.1) is 6.58 Å². The van der Waals surface area contributed by atoms with E-state index in [0.717, 1.165) is 34.4 Å². The van der Waals surface area contributed by atoms with Crippen molar-refractivity contribution >= 4 is 16.9 Å². The van der Waals surface area contributed by atoms with E-state index in [0.29, 0.717) is 37.6 Å². The molecule has 6 nitrogen and oxygen atoms in total. The number of ether oxygens (including phenoxy) is 2. The summed E-state index contributed by atoms with van der Waals surface area (Å²) in [4.78, 5) is 20.1. The maximum atomic E-state index is 13.1. The van der Waals surface area contributed by atoms with Crippen LogP contribution in [0.2, 0.25) is 0 Å². The fourth-order valence-corrected chi connectivity index (χ4v) is 5.20. The van der Waals surface area contributed by atoms with E-state index in [-0.39, 0.29) is 17.9 Å². The number of rotatable bonds is 10. The fraction of sp³-hybridized carbons (Fsp3) is 0.290. The van der Waals surface area contributed by atoms with Crippen LogP contribution in [0.5, 0.6) is 11.5 Å². The highest BCUT2D eigenvalue weighted by Gasteiger charge is 2.36. The number of carbonyl (C=O) groups excluding carboxylic acids is 1. The van der Waals surface area contributed by atoms with Gasteiger partial charge in [0.05, 0.1) is 30.7 Å². The number of nitrogens with zero attached hydrogens (tertiary/aromatic N) is 3. The molecule has 5 rings (SSSR count). The number of hydrogen-bond donors (Lipinski definition) is 0. The molecule has 2 atom stereocenters. The highest BCUT2D eigenvalue weighted by Crippen LogP contribution is 2.35. The van der Waals surface area contributed by atoms with Gasteiger partial charge in [0, 0.05) is 18.9 Å². The van der Waals surface area contributed by atoms with Gasteiger partial charge in [-0.25, -0.2) is 4.98 Å². The zero-order valence-electron chi connectivity index (χ0n) is 21.5. The predicted octanol–water partition coefficient (Wildman–Crippen LogP) is 5.93. The molecule has 37 heavy (non-hydrogen) atoms. The van der Waals surface area contributed by atoms with E-state index in [1.165, 1.54) is 0 Å². The molecule has 0 saturated carbocycles. The number of likely N-dealkylation sites (tertiary alicyclic amines) is 1. The molecule has 0 radical (unpaired) electrons. The van der Waals surface area contributed by atoms with E-state index >= 15 is 0 Å². The van der Waals surface area contributed by atoms with Crippen LogP contribution in [0.1, 0.15) is 42.3 Å². The molecule has 1 aliphatic heterocycles. The molecule has 1 fully saturated rings. The normalized spacial score (nSPS) is 16.2. The minimum absolute atomic E-state index is 0.0244. The van der Waals surface area contributed by atoms with Crippen molar-refractivity contribution in [2.24, 2.45) is 0 Å². The summed E-state index contributed by atoms with van der Waals surface area (Å²) in [5.74, 6) is 2.55. The standard InChI is InChI=1S/C31H33N3O3/c1-4-10-23-15-16-28(29(19-23)36-3)37-18-17-33-27-14-9-8-13-26(27)32-31(33)25-20-30(35)34(21-25)22(2)24-11-6-5-7-12-24/h4-9,11-16,19,22,25H,1,10,17-18,20-21H2,2-3H3. The van der Waals surface area contributed by atoms with Crippen molar-refractivity contribution in [3.63, 3.8) is 0 Å². The van der Waals surface area contributed by atoms with E-state index in [2.05, 4.69) is 36.3 Å². The lowest BCUT2D eigenvalue weighted by molar-refractivity contribution is -0.129. The molecular formula is C31H33N3O3. The van der Waals surface area contributed by atoms with Crippen LogP contribution in [0, 0.1) is 0 Å². The molecule has 190 valence electrons. The molecule has 4 aromatic rings. The monoisotopic (exact) mass is 495 g/mol. The van der Waals surface area contributed by atoms with E-state index in [4.69, 9.17) is 14.5 Å². The average molecular weight is 496 g/mol. The number of allylic oxidation sites excluding steroid dienone is 1. The molecule has 1 saturated heterocycles. The number of imidazole rings is 1. The summed E-state index contributed by atoms with van der Waals surface area (Å²) >= 11 is 0. The number of hydrogen-bond acceptors (Lipinski definition) is 4. The molecule has 0 N–H and O–H groups in total. The summed E-state index contributed by atoms with van der Waals surface area (Å²) in [6.07, 6.45) is 3.11. The van der Waals surface area contributed by atoms with Crippen LogP contribution in [0.3, 0.4) is 0 Å². The first-order chi connectivity index (χ1) is 18.1. The molecule has 0 aliphatic carbocycles. The zero-order valence-corrected chi connectivity index (χ0v) is 21.5. The van der Waals surface area contributed by atoms with Crippen molar-refractivity contribution in [3.05, 3.63) is 102 Å². The Morgan fingerprint density at radius 2 is 1.86 bits per heavy atom. The second-order valence-corrected chi connectivity index (χ2v) is 9.47. The molecule has 6 heteroatoms. The zero-order chi connectivity index (χ0) is 25.8. The SMILES string of the molecule is C=CCc1ccc(OCCn2c(C3CC(=O)N(C(C)c4ccccc4)C3)nc3ccccc32)c(OC)c1. The van der Waals surface area contributed by atoms with E-state index < -0.39 is 0 Å². The van der Waals surface area contributed by atoms with Crippen LogP contribution in [-0.4, -0.2) is 40.6 Å². The Bertz CT molecular complexity index is 1400. The number of fused-ring (bicyclic) bond motifs is 1. The van der Waals surface area contributed by atoms with Crippen molar-refractivity contribution in [1.82, 2.24) is 14.5 Å². The topological polar surface area (TPSA) is 56.6 Å². The second kappa shape index (κ2) is 10.9. The molecular weight excluding hydrogens is 462 g/mol. The summed E-state index contributed by atoms with van der Waals surface area (Å²) in [7, 11) is 1.65. The van der Waals surface area contributed by atoms with Gasteiger partial charge in [0.15, 0.2) is 11.5 Å². The largest absolute Gasteiger partial charge is 0.493 e. The third-order valence-corrected chi connectivity index (χ3v) is 7.14. The Labute approximate surface area is 218 Å². The maximum absolute atomic E-state index is 13.1. The lowest BCUT2D eigenvalue weighted by atomic mass is 10.1. The van der Waals surface area contributed by atoms with Crippen molar-refractivity contribution in [3.8, 4) is 11.5 Å².